The molecule has 3 atom stereocenters. The Kier molecular flexibility index (Phi) is 2.66. The molecular formula is C11H12BrCl. The molecule has 0 aliphatic heterocycles. The van der Waals surface area contributed by atoms with E-state index in [0.29, 0.717) is 4.83 Å². The highest BCUT2D eigenvalue weighted by molar-refractivity contribution is 9.09. The number of hydrogen-bond acceptors (Lipinski definition) is 0. The van der Waals surface area contributed by atoms with Gasteiger partial charge >= 0.3 is 0 Å². The molecule has 0 N–H and O–H groups in total. The molecule has 2 rings (SSSR count). The molecule has 0 spiro atoms. The first-order chi connectivity index (χ1) is 6.18. The topological polar surface area (TPSA) is 0 Å². The van der Waals surface area contributed by atoms with E-state index in [-0.39, 0.29) is 5.38 Å². The van der Waals surface area contributed by atoms with Crippen molar-refractivity contribution in [1.29, 1.82) is 0 Å². The number of benzene rings is 1. The second-order valence-corrected chi connectivity index (χ2v) is 5.47. The van der Waals surface area contributed by atoms with Gasteiger partial charge in [0.05, 0.1) is 5.38 Å². The summed E-state index contributed by atoms with van der Waals surface area (Å²) in [5, 5.41) is 0.119. The molecular weight excluding hydrogens is 247 g/mol. The Balaban J connectivity index is 2.14. The van der Waals surface area contributed by atoms with Crippen LogP contribution in [0.25, 0.3) is 0 Å². The molecule has 1 aromatic rings. The average molecular weight is 260 g/mol. The van der Waals surface area contributed by atoms with Crippen LogP contribution in [0.3, 0.4) is 0 Å². The zero-order valence-corrected chi connectivity index (χ0v) is 9.85. The molecule has 1 saturated carbocycles. The molecule has 0 aromatic heterocycles. The molecule has 2 heteroatoms. The number of hydrogen-bond donors (Lipinski definition) is 0. The van der Waals surface area contributed by atoms with Crippen molar-refractivity contribution in [1.82, 2.24) is 0 Å². The van der Waals surface area contributed by atoms with Crippen molar-refractivity contribution in [3.8, 4) is 0 Å². The number of alkyl halides is 2. The first-order valence-electron chi connectivity index (χ1n) is 4.56. The SMILES string of the molecule is CC(Cl)c1ccc([C@H]2C[C@H]2Br)cc1. The summed E-state index contributed by atoms with van der Waals surface area (Å²) in [6.45, 7) is 2.00. The van der Waals surface area contributed by atoms with Gasteiger partial charge in [0.25, 0.3) is 0 Å². The van der Waals surface area contributed by atoms with Crippen LogP contribution in [0.15, 0.2) is 24.3 Å². The van der Waals surface area contributed by atoms with Gasteiger partial charge in [-0.2, -0.15) is 0 Å². The molecule has 0 heterocycles. The molecule has 1 aliphatic carbocycles. The molecule has 1 aromatic carbocycles. The van der Waals surface area contributed by atoms with E-state index in [0.717, 1.165) is 5.92 Å². The lowest BCUT2D eigenvalue weighted by Gasteiger charge is -2.04. The zero-order chi connectivity index (χ0) is 9.42. The quantitative estimate of drug-likeness (QED) is 0.697. The highest BCUT2D eigenvalue weighted by Crippen LogP contribution is 2.46. The van der Waals surface area contributed by atoms with Crippen LogP contribution in [-0.2, 0) is 0 Å². The van der Waals surface area contributed by atoms with Gasteiger partial charge in [0.15, 0.2) is 0 Å². The average Bonchev–Trinajstić information content (AvgIpc) is 2.83. The van der Waals surface area contributed by atoms with Crippen LogP contribution in [0, 0.1) is 0 Å². The fourth-order valence-electron chi connectivity index (χ4n) is 1.52. The van der Waals surface area contributed by atoms with Gasteiger partial charge in [-0.05, 0) is 30.4 Å². The van der Waals surface area contributed by atoms with Crippen LogP contribution >= 0.6 is 27.5 Å². The highest BCUT2D eigenvalue weighted by atomic mass is 79.9. The Hall–Kier alpha value is -0.0100. The van der Waals surface area contributed by atoms with Crippen molar-refractivity contribution in [2.45, 2.75) is 29.5 Å². The Labute approximate surface area is 92.4 Å². The van der Waals surface area contributed by atoms with Gasteiger partial charge < -0.3 is 0 Å². The standard InChI is InChI=1S/C11H12BrCl/c1-7(13)8-2-4-9(5-3-8)10-6-11(10)12/h2-5,7,10-11H,6H2,1H3/t7?,10-,11-/m1/s1. The third-order valence-electron chi connectivity index (χ3n) is 2.54. The van der Waals surface area contributed by atoms with Crippen LogP contribution in [0.1, 0.15) is 35.8 Å². The van der Waals surface area contributed by atoms with Gasteiger partial charge in [-0.1, -0.05) is 40.2 Å². The van der Waals surface area contributed by atoms with Crippen molar-refractivity contribution in [3.63, 3.8) is 0 Å². The molecule has 0 nitrogen and oxygen atoms in total. The van der Waals surface area contributed by atoms with Crippen LogP contribution in [-0.4, -0.2) is 4.83 Å². The van der Waals surface area contributed by atoms with Crippen molar-refractivity contribution >= 4 is 27.5 Å². The van der Waals surface area contributed by atoms with Crippen molar-refractivity contribution in [2.24, 2.45) is 0 Å². The van der Waals surface area contributed by atoms with Gasteiger partial charge in [0, 0.05) is 4.83 Å². The van der Waals surface area contributed by atoms with E-state index in [9.17, 15) is 0 Å². The summed E-state index contributed by atoms with van der Waals surface area (Å²) in [5.74, 6) is 0.736. The largest absolute Gasteiger partial charge is 0.118 e. The molecule has 1 aliphatic rings. The van der Waals surface area contributed by atoms with Gasteiger partial charge in [-0.25, -0.2) is 0 Å². The second-order valence-electron chi connectivity index (χ2n) is 3.64. The summed E-state index contributed by atoms with van der Waals surface area (Å²) in [6.07, 6.45) is 1.27. The Bertz CT molecular complexity index is 291. The molecule has 0 amide bonds. The summed E-state index contributed by atoms with van der Waals surface area (Å²) in [5.41, 5.74) is 2.64. The van der Waals surface area contributed by atoms with Gasteiger partial charge in [0.1, 0.15) is 0 Å². The normalized spacial score (nSPS) is 28.5. The fourth-order valence-corrected chi connectivity index (χ4v) is 2.37. The third-order valence-corrected chi connectivity index (χ3v) is 3.80. The third kappa shape index (κ3) is 2.08. The van der Waals surface area contributed by atoms with Gasteiger partial charge in [-0.15, -0.1) is 11.6 Å². The molecule has 1 unspecified atom stereocenters. The lowest BCUT2D eigenvalue weighted by atomic mass is 10.1. The van der Waals surface area contributed by atoms with E-state index in [1.807, 2.05) is 6.92 Å². The summed E-state index contributed by atoms with van der Waals surface area (Å²) in [7, 11) is 0. The minimum atomic E-state index is 0.119. The maximum Gasteiger partial charge on any atom is 0.0557 e. The van der Waals surface area contributed by atoms with Crippen molar-refractivity contribution in [2.75, 3.05) is 0 Å². The molecule has 1 fully saturated rings. The van der Waals surface area contributed by atoms with Gasteiger partial charge in [0.2, 0.25) is 0 Å². The van der Waals surface area contributed by atoms with Crippen LogP contribution < -0.4 is 0 Å². The minimum Gasteiger partial charge on any atom is -0.118 e. The Morgan fingerprint density at radius 3 is 2.31 bits per heavy atom. The number of halogens is 2. The molecule has 13 heavy (non-hydrogen) atoms. The van der Waals surface area contributed by atoms with Crippen LogP contribution in [0.2, 0.25) is 0 Å². The maximum absolute atomic E-state index is 5.97. The smallest absolute Gasteiger partial charge is 0.0557 e. The van der Waals surface area contributed by atoms with E-state index in [4.69, 9.17) is 11.6 Å². The summed E-state index contributed by atoms with van der Waals surface area (Å²) < 4.78 is 0. The van der Waals surface area contributed by atoms with Crippen molar-refractivity contribution < 1.29 is 0 Å². The predicted octanol–water partition coefficient (Wildman–Crippen LogP) is 4.24. The second kappa shape index (κ2) is 3.62. The molecule has 70 valence electrons. The van der Waals surface area contributed by atoms with Crippen molar-refractivity contribution in [3.05, 3.63) is 35.4 Å². The fraction of sp³-hybridized carbons (Fsp3) is 0.455. The van der Waals surface area contributed by atoms with E-state index >= 15 is 0 Å². The van der Waals surface area contributed by atoms with E-state index in [1.54, 1.807) is 0 Å². The zero-order valence-electron chi connectivity index (χ0n) is 7.50. The van der Waals surface area contributed by atoms with Crippen LogP contribution in [0.4, 0.5) is 0 Å². The highest BCUT2D eigenvalue weighted by Gasteiger charge is 2.35. The lowest BCUT2D eigenvalue weighted by Crippen LogP contribution is -1.86. The monoisotopic (exact) mass is 258 g/mol. The number of rotatable bonds is 2. The summed E-state index contributed by atoms with van der Waals surface area (Å²) in [6, 6.07) is 8.65. The predicted molar refractivity (Wildman–Crippen MR) is 60.8 cm³/mol. The Morgan fingerprint density at radius 2 is 1.92 bits per heavy atom. The summed E-state index contributed by atoms with van der Waals surface area (Å²) >= 11 is 9.58. The minimum absolute atomic E-state index is 0.119. The molecule has 0 saturated heterocycles. The van der Waals surface area contributed by atoms with Gasteiger partial charge in [-0.3, -0.25) is 0 Å². The Morgan fingerprint density at radius 1 is 1.38 bits per heavy atom. The molecule has 0 radical (unpaired) electrons. The lowest BCUT2D eigenvalue weighted by molar-refractivity contribution is 1.06. The van der Waals surface area contributed by atoms with E-state index in [2.05, 4.69) is 40.2 Å². The first kappa shape index (κ1) is 9.54. The van der Waals surface area contributed by atoms with E-state index < -0.39 is 0 Å². The molecule has 0 bridgehead atoms. The van der Waals surface area contributed by atoms with Crippen LogP contribution in [0.5, 0.6) is 0 Å². The first-order valence-corrected chi connectivity index (χ1v) is 5.91. The summed E-state index contributed by atoms with van der Waals surface area (Å²) in [4.78, 5) is 0.701. The maximum atomic E-state index is 5.97. The van der Waals surface area contributed by atoms with E-state index in [1.165, 1.54) is 17.5 Å².